The van der Waals surface area contributed by atoms with Crippen LogP contribution < -0.4 is 16.0 Å². The third-order valence-corrected chi connectivity index (χ3v) is 2.30. The summed E-state index contributed by atoms with van der Waals surface area (Å²) >= 11 is 0. The summed E-state index contributed by atoms with van der Waals surface area (Å²) in [6, 6.07) is 1.83. The number of nitrogens with two attached hydrogens (primary N) is 1. The second-order valence-corrected chi connectivity index (χ2v) is 5.06. The first kappa shape index (κ1) is 14.5. The summed E-state index contributed by atoms with van der Waals surface area (Å²) in [7, 11) is 1.86. The van der Waals surface area contributed by atoms with Gasteiger partial charge in [0.2, 0.25) is 5.95 Å². The van der Waals surface area contributed by atoms with E-state index in [0.29, 0.717) is 18.2 Å². The van der Waals surface area contributed by atoms with Crippen LogP contribution in [0.5, 0.6) is 0 Å². The van der Waals surface area contributed by atoms with Gasteiger partial charge in [0.1, 0.15) is 11.6 Å². The Morgan fingerprint density at radius 1 is 1.44 bits per heavy atom. The molecule has 0 radical (unpaired) electrons. The van der Waals surface area contributed by atoms with Crippen molar-refractivity contribution in [3.63, 3.8) is 0 Å². The number of nitrogens with zero attached hydrogens (tertiary/aromatic N) is 3. The number of nitrogen functional groups attached to an aromatic ring is 1. The molecule has 0 saturated carbocycles. The highest BCUT2D eigenvalue weighted by Crippen LogP contribution is 2.17. The molecule has 0 unspecified atom stereocenters. The van der Waals surface area contributed by atoms with Crippen molar-refractivity contribution in [1.82, 2.24) is 9.97 Å². The molecule has 0 aromatic carbocycles. The SMILES string of the molecule is CCCNc1cc(N(C)CC(C)(C)O)nc(N)n1. The van der Waals surface area contributed by atoms with Gasteiger partial charge < -0.3 is 21.1 Å². The van der Waals surface area contributed by atoms with Crippen LogP contribution in [0, 0.1) is 0 Å². The van der Waals surface area contributed by atoms with Crippen molar-refractivity contribution in [3.05, 3.63) is 6.07 Å². The molecule has 0 bridgehead atoms. The van der Waals surface area contributed by atoms with Gasteiger partial charge in [0, 0.05) is 26.2 Å². The van der Waals surface area contributed by atoms with Gasteiger partial charge in [-0.05, 0) is 20.3 Å². The second kappa shape index (κ2) is 5.86. The van der Waals surface area contributed by atoms with Crippen LogP contribution in [0.15, 0.2) is 6.07 Å². The monoisotopic (exact) mass is 253 g/mol. The van der Waals surface area contributed by atoms with Crippen LogP contribution in [0.4, 0.5) is 17.6 Å². The van der Waals surface area contributed by atoms with Gasteiger partial charge in [-0.3, -0.25) is 0 Å². The Labute approximate surface area is 108 Å². The van der Waals surface area contributed by atoms with Crippen LogP contribution in [0.3, 0.4) is 0 Å². The molecule has 0 aliphatic rings. The molecule has 0 spiro atoms. The standard InChI is InChI=1S/C12H23N5O/c1-5-6-14-9-7-10(16-11(13)15-9)17(4)8-12(2,3)18/h7,18H,5-6,8H2,1-4H3,(H3,13,14,15,16). The molecule has 0 atom stereocenters. The van der Waals surface area contributed by atoms with Crippen LogP contribution in [-0.4, -0.2) is 40.8 Å². The van der Waals surface area contributed by atoms with E-state index in [1.54, 1.807) is 13.8 Å². The van der Waals surface area contributed by atoms with E-state index in [4.69, 9.17) is 5.73 Å². The number of anilines is 3. The Bertz CT molecular complexity index is 389. The molecule has 1 aromatic heterocycles. The summed E-state index contributed by atoms with van der Waals surface area (Å²) in [5, 5.41) is 13.0. The quantitative estimate of drug-likeness (QED) is 0.703. The van der Waals surface area contributed by atoms with E-state index in [0.717, 1.165) is 13.0 Å². The predicted octanol–water partition coefficient (Wildman–Crippen LogP) is 1.09. The van der Waals surface area contributed by atoms with Crippen LogP contribution in [0.2, 0.25) is 0 Å². The van der Waals surface area contributed by atoms with Crippen LogP contribution in [0.1, 0.15) is 27.2 Å². The minimum atomic E-state index is -0.786. The molecule has 6 nitrogen and oxygen atoms in total. The van der Waals surface area contributed by atoms with Crippen molar-refractivity contribution in [3.8, 4) is 0 Å². The molecular weight excluding hydrogens is 230 g/mol. The zero-order valence-electron chi connectivity index (χ0n) is 11.6. The number of hydrogen-bond acceptors (Lipinski definition) is 6. The van der Waals surface area contributed by atoms with E-state index in [1.807, 2.05) is 18.0 Å². The maximum Gasteiger partial charge on any atom is 0.223 e. The maximum atomic E-state index is 9.80. The van der Waals surface area contributed by atoms with Gasteiger partial charge in [-0.2, -0.15) is 9.97 Å². The fourth-order valence-corrected chi connectivity index (χ4v) is 1.65. The van der Waals surface area contributed by atoms with Crippen LogP contribution >= 0.6 is 0 Å². The van der Waals surface area contributed by atoms with Crippen molar-refractivity contribution in [1.29, 1.82) is 0 Å². The summed E-state index contributed by atoms with van der Waals surface area (Å²) in [6.45, 7) is 6.90. The van der Waals surface area contributed by atoms with Crippen molar-refractivity contribution >= 4 is 17.6 Å². The Balaban J connectivity index is 2.84. The predicted molar refractivity (Wildman–Crippen MR) is 74.8 cm³/mol. The number of aromatic nitrogens is 2. The van der Waals surface area contributed by atoms with Crippen LogP contribution in [-0.2, 0) is 0 Å². The lowest BCUT2D eigenvalue weighted by Gasteiger charge is -2.26. The average Bonchev–Trinajstić information content (AvgIpc) is 2.23. The van der Waals surface area contributed by atoms with Crippen molar-refractivity contribution < 1.29 is 5.11 Å². The Morgan fingerprint density at radius 3 is 2.67 bits per heavy atom. The summed E-state index contributed by atoms with van der Waals surface area (Å²) in [6.07, 6.45) is 1.01. The second-order valence-electron chi connectivity index (χ2n) is 5.06. The Hall–Kier alpha value is -1.56. The molecule has 102 valence electrons. The minimum absolute atomic E-state index is 0.230. The van der Waals surface area contributed by atoms with Gasteiger partial charge in [0.25, 0.3) is 0 Å². The number of aliphatic hydroxyl groups is 1. The highest BCUT2D eigenvalue weighted by molar-refractivity contribution is 5.52. The largest absolute Gasteiger partial charge is 0.389 e. The van der Waals surface area contributed by atoms with Gasteiger partial charge in [0.15, 0.2) is 0 Å². The van der Waals surface area contributed by atoms with E-state index in [9.17, 15) is 5.11 Å². The van der Waals surface area contributed by atoms with Crippen molar-refractivity contribution in [2.75, 3.05) is 36.1 Å². The molecular formula is C12H23N5O. The molecule has 1 heterocycles. The van der Waals surface area contributed by atoms with E-state index < -0.39 is 5.60 Å². The molecule has 6 heteroatoms. The molecule has 0 amide bonds. The molecule has 4 N–H and O–H groups in total. The minimum Gasteiger partial charge on any atom is -0.389 e. The number of hydrogen-bond donors (Lipinski definition) is 3. The molecule has 18 heavy (non-hydrogen) atoms. The average molecular weight is 253 g/mol. The highest BCUT2D eigenvalue weighted by atomic mass is 16.3. The third-order valence-electron chi connectivity index (χ3n) is 2.30. The van der Waals surface area contributed by atoms with Gasteiger partial charge >= 0.3 is 0 Å². The summed E-state index contributed by atoms with van der Waals surface area (Å²) in [5.74, 6) is 1.64. The van der Waals surface area contributed by atoms with E-state index >= 15 is 0 Å². The number of likely N-dealkylation sites (N-methyl/N-ethyl adjacent to an activating group) is 1. The summed E-state index contributed by atoms with van der Waals surface area (Å²) < 4.78 is 0. The Kier molecular flexibility index (Phi) is 4.72. The fourth-order valence-electron chi connectivity index (χ4n) is 1.65. The lowest BCUT2D eigenvalue weighted by molar-refractivity contribution is 0.0884. The molecule has 0 saturated heterocycles. The van der Waals surface area contributed by atoms with E-state index in [1.165, 1.54) is 0 Å². The van der Waals surface area contributed by atoms with E-state index in [-0.39, 0.29) is 5.95 Å². The van der Waals surface area contributed by atoms with E-state index in [2.05, 4.69) is 22.2 Å². The number of nitrogens with one attached hydrogen (secondary N) is 1. The lowest BCUT2D eigenvalue weighted by atomic mass is 10.1. The maximum absolute atomic E-state index is 9.80. The van der Waals surface area contributed by atoms with Gasteiger partial charge in [-0.1, -0.05) is 6.92 Å². The summed E-state index contributed by atoms with van der Waals surface area (Å²) in [5.41, 5.74) is 4.90. The normalized spacial score (nSPS) is 11.4. The first-order valence-corrected chi connectivity index (χ1v) is 6.14. The molecule has 0 fully saturated rings. The first-order valence-electron chi connectivity index (χ1n) is 6.14. The summed E-state index contributed by atoms with van der Waals surface area (Å²) in [4.78, 5) is 10.1. The molecule has 1 aromatic rings. The van der Waals surface area contributed by atoms with Crippen LogP contribution in [0.25, 0.3) is 0 Å². The lowest BCUT2D eigenvalue weighted by Crippen LogP contribution is -2.36. The van der Waals surface area contributed by atoms with Crippen molar-refractivity contribution in [2.24, 2.45) is 0 Å². The van der Waals surface area contributed by atoms with Gasteiger partial charge in [0.05, 0.1) is 5.60 Å². The fraction of sp³-hybridized carbons (Fsp3) is 0.667. The van der Waals surface area contributed by atoms with Gasteiger partial charge in [-0.25, -0.2) is 0 Å². The van der Waals surface area contributed by atoms with Gasteiger partial charge in [-0.15, -0.1) is 0 Å². The van der Waals surface area contributed by atoms with Crippen molar-refractivity contribution in [2.45, 2.75) is 32.8 Å². The Morgan fingerprint density at radius 2 is 2.11 bits per heavy atom. The third kappa shape index (κ3) is 4.75. The molecule has 0 aliphatic heterocycles. The zero-order chi connectivity index (χ0) is 13.8. The highest BCUT2D eigenvalue weighted by Gasteiger charge is 2.17. The molecule has 1 rings (SSSR count). The smallest absolute Gasteiger partial charge is 0.223 e. The topological polar surface area (TPSA) is 87.3 Å². The number of rotatable bonds is 6. The first-order chi connectivity index (χ1) is 8.31. The molecule has 0 aliphatic carbocycles. The zero-order valence-corrected chi connectivity index (χ0v) is 11.6.